The second-order valence-electron chi connectivity index (χ2n) is 7.91. The number of nitrogens with zero attached hydrogens (tertiary/aromatic N) is 5. The summed E-state index contributed by atoms with van der Waals surface area (Å²) in [5.41, 5.74) is 4.20. The highest BCUT2D eigenvalue weighted by atomic mass is 16.7. The topological polar surface area (TPSA) is 74.4 Å². The molecule has 0 fully saturated rings. The van der Waals surface area contributed by atoms with Crippen molar-refractivity contribution in [3.05, 3.63) is 89.5 Å². The number of hydrogen-bond acceptors (Lipinski definition) is 5. The lowest BCUT2D eigenvalue weighted by Gasteiger charge is -2.24. The average Bonchev–Trinajstić information content (AvgIpc) is 3.58. The third-order valence-electron chi connectivity index (χ3n) is 5.59. The predicted molar refractivity (Wildman–Crippen MR) is 122 cm³/mol. The predicted octanol–water partition coefficient (Wildman–Crippen LogP) is 3.97. The van der Waals surface area contributed by atoms with Gasteiger partial charge in [-0.2, -0.15) is 10.2 Å². The minimum Gasteiger partial charge on any atom is -0.454 e. The number of ether oxygens (including phenoxy) is 2. The van der Waals surface area contributed by atoms with Gasteiger partial charge >= 0.3 is 0 Å². The SMILES string of the molecule is CCn1nc(C)cc1C(=O)N(Cc1ccc2c(c1)OCO2)Cc1ccnn1-c1ccccc1. The second kappa shape index (κ2) is 8.82. The lowest BCUT2D eigenvalue weighted by atomic mass is 10.1. The maximum absolute atomic E-state index is 13.7. The van der Waals surface area contributed by atoms with Crippen molar-refractivity contribution in [3.63, 3.8) is 0 Å². The van der Waals surface area contributed by atoms with Crippen LogP contribution in [0.15, 0.2) is 66.9 Å². The molecule has 0 saturated heterocycles. The average molecular weight is 444 g/mol. The highest BCUT2D eigenvalue weighted by molar-refractivity contribution is 5.92. The van der Waals surface area contributed by atoms with Gasteiger partial charge < -0.3 is 14.4 Å². The van der Waals surface area contributed by atoms with Gasteiger partial charge in [0.05, 0.1) is 23.6 Å². The molecule has 1 aliphatic heterocycles. The lowest BCUT2D eigenvalue weighted by Crippen LogP contribution is -2.32. The first-order chi connectivity index (χ1) is 16.1. The number of rotatable bonds is 7. The molecule has 0 spiro atoms. The van der Waals surface area contributed by atoms with Gasteiger partial charge in [-0.05, 0) is 55.8 Å². The zero-order valence-corrected chi connectivity index (χ0v) is 18.6. The number of aryl methyl sites for hydroxylation is 2. The van der Waals surface area contributed by atoms with E-state index in [4.69, 9.17) is 9.47 Å². The molecule has 0 N–H and O–H groups in total. The Morgan fingerprint density at radius 1 is 1.03 bits per heavy atom. The molecule has 33 heavy (non-hydrogen) atoms. The fourth-order valence-corrected chi connectivity index (χ4v) is 4.03. The molecule has 2 aromatic heterocycles. The number of para-hydroxylation sites is 1. The highest BCUT2D eigenvalue weighted by Gasteiger charge is 2.23. The standard InChI is InChI=1S/C25H25N5O3/c1-3-29-22(13-18(2)27-29)25(31)28(15-19-9-10-23-24(14-19)33-17-32-23)16-21-11-12-26-30(21)20-7-5-4-6-8-20/h4-14H,3,15-17H2,1-2H3. The van der Waals surface area contributed by atoms with Crippen LogP contribution in [-0.4, -0.2) is 37.2 Å². The van der Waals surface area contributed by atoms with E-state index in [0.29, 0.717) is 31.1 Å². The van der Waals surface area contributed by atoms with Crippen LogP contribution < -0.4 is 9.47 Å². The Hall–Kier alpha value is -4.07. The molecule has 1 amide bonds. The third kappa shape index (κ3) is 4.19. The molecule has 4 aromatic rings. The molecule has 0 aliphatic carbocycles. The Morgan fingerprint density at radius 2 is 1.85 bits per heavy atom. The van der Waals surface area contributed by atoms with Crippen LogP contribution in [0.2, 0.25) is 0 Å². The second-order valence-corrected chi connectivity index (χ2v) is 7.91. The Labute approximate surface area is 192 Å². The van der Waals surface area contributed by atoms with Crippen molar-refractivity contribution in [2.45, 2.75) is 33.5 Å². The minimum absolute atomic E-state index is 0.0871. The van der Waals surface area contributed by atoms with Crippen LogP contribution in [0.3, 0.4) is 0 Å². The Morgan fingerprint density at radius 3 is 2.67 bits per heavy atom. The number of aromatic nitrogens is 4. The van der Waals surface area contributed by atoms with Gasteiger partial charge in [0.15, 0.2) is 11.5 Å². The number of hydrogen-bond donors (Lipinski definition) is 0. The van der Waals surface area contributed by atoms with Crippen LogP contribution in [0.5, 0.6) is 11.5 Å². The summed E-state index contributed by atoms with van der Waals surface area (Å²) in [6.45, 7) is 5.51. The van der Waals surface area contributed by atoms with E-state index >= 15 is 0 Å². The smallest absolute Gasteiger partial charge is 0.272 e. The van der Waals surface area contributed by atoms with E-state index in [2.05, 4.69) is 10.2 Å². The van der Waals surface area contributed by atoms with Crippen molar-refractivity contribution in [2.75, 3.05) is 6.79 Å². The van der Waals surface area contributed by atoms with Crippen LogP contribution in [0.25, 0.3) is 5.69 Å². The molecule has 8 nitrogen and oxygen atoms in total. The number of benzene rings is 2. The first-order valence-corrected chi connectivity index (χ1v) is 10.9. The monoisotopic (exact) mass is 443 g/mol. The molecule has 168 valence electrons. The molecule has 3 heterocycles. The maximum Gasteiger partial charge on any atom is 0.272 e. The van der Waals surface area contributed by atoms with Crippen molar-refractivity contribution in [1.82, 2.24) is 24.5 Å². The van der Waals surface area contributed by atoms with Crippen molar-refractivity contribution in [2.24, 2.45) is 0 Å². The van der Waals surface area contributed by atoms with Crippen LogP contribution in [0.1, 0.15) is 34.4 Å². The molecule has 0 radical (unpaired) electrons. The molecule has 0 unspecified atom stereocenters. The lowest BCUT2D eigenvalue weighted by molar-refractivity contribution is 0.0713. The van der Waals surface area contributed by atoms with Crippen LogP contribution in [0, 0.1) is 6.92 Å². The Kier molecular flexibility index (Phi) is 5.56. The molecule has 0 saturated carbocycles. The van der Waals surface area contributed by atoms with Gasteiger partial charge in [-0.25, -0.2) is 4.68 Å². The van der Waals surface area contributed by atoms with Gasteiger partial charge in [0.2, 0.25) is 6.79 Å². The normalized spacial score (nSPS) is 12.2. The number of carbonyl (C=O) groups excluding carboxylic acids is 1. The zero-order chi connectivity index (χ0) is 22.8. The summed E-state index contributed by atoms with van der Waals surface area (Å²) in [5, 5.41) is 8.95. The Balaban J connectivity index is 1.49. The summed E-state index contributed by atoms with van der Waals surface area (Å²) in [4.78, 5) is 15.5. The molecule has 8 heteroatoms. The summed E-state index contributed by atoms with van der Waals surface area (Å²) < 4.78 is 14.6. The van der Waals surface area contributed by atoms with Crippen molar-refractivity contribution < 1.29 is 14.3 Å². The van der Waals surface area contributed by atoms with Crippen molar-refractivity contribution in [3.8, 4) is 17.2 Å². The van der Waals surface area contributed by atoms with E-state index in [-0.39, 0.29) is 12.7 Å². The molecular weight excluding hydrogens is 418 g/mol. The molecule has 5 rings (SSSR count). The summed E-state index contributed by atoms with van der Waals surface area (Å²) in [6, 6.07) is 19.5. The minimum atomic E-state index is -0.0871. The summed E-state index contributed by atoms with van der Waals surface area (Å²) in [6.07, 6.45) is 1.76. The molecule has 0 atom stereocenters. The van der Waals surface area contributed by atoms with Gasteiger partial charge in [0.25, 0.3) is 5.91 Å². The number of carbonyl (C=O) groups is 1. The highest BCUT2D eigenvalue weighted by Crippen LogP contribution is 2.33. The number of fused-ring (bicyclic) bond motifs is 1. The number of amides is 1. The van der Waals surface area contributed by atoms with Crippen LogP contribution in [0.4, 0.5) is 0 Å². The van der Waals surface area contributed by atoms with Crippen LogP contribution in [-0.2, 0) is 19.6 Å². The summed E-state index contributed by atoms with van der Waals surface area (Å²) in [5.74, 6) is 1.33. The van der Waals surface area contributed by atoms with Crippen LogP contribution >= 0.6 is 0 Å². The van der Waals surface area contributed by atoms with E-state index in [9.17, 15) is 4.79 Å². The van der Waals surface area contributed by atoms with E-state index in [1.807, 2.05) is 84.1 Å². The van der Waals surface area contributed by atoms with Gasteiger partial charge in [-0.15, -0.1) is 0 Å². The largest absolute Gasteiger partial charge is 0.454 e. The van der Waals surface area contributed by atoms with E-state index in [0.717, 1.165) is 28.4 Å². The van der Waals surface area contributed by atoms with Crippen molar-refractivity contribution >= 4 is 5.91 Å². The molecular formula is C25H25N5O3. The van der Waals surface area contributed by atoms with Gasteiger partial charge in [-0.3, -0.25) is 9.48 Å². The van der Waals surface area contributed by atoms with Gasteiger partial charge in [0.1, 0.15) is 5.69 Å². The fourth-order valence-electron chi connectivity index (χ4n) is 4.03. The Bertz CT molecular complexity index is 1280. The quantitative estimate of drug-likeness (QED) is 0.432. The first kappa shape index (κ1) is 20.8. The van der Waals surface area contributed by atoms with Gasteiger partial charge in [-0.1, -0.05) is 24.3 Å². The van der Waals surface area contributed by atoms with Crippen molar-refractivity contribution in [1.29, 1.82) is 0 Å². The van der Waals surface area contributed by atoms with E-state index < -0.39 is 0 Å². The third-order valence-corrected chi connectivity index (χ3v) is 5.59. The molecule has 2 aromatic carbocycles. The molecule has 0 bridgehead atoms. The zero-order valence-electron chi connectivity index (χ0n) is 18.6. The first-order valence-electron chi connectivity index (χ1n) is 10.9. The molecule has 1 aliphatic rings. The van der Waals surface area contributed by atoms with E-state index in [1.54, 1.807) is 10.9 Å². The summed E-state index contributed by atoms with van der Waals surface area (Å²) >= 11 is 0. The fraction of sp³-hybridized carbons (Fsp3) is 0.240. The van der Waals surface area contributed by atoms with Gasteiger partial charge in [0, 0.05) is 19.3 Å². The summed E-state index contributed by atoms with van der Waals surface area (Å²) in [7, 11) is 0. The maximum atomic E-state index is 13.7. The van der Waals surface area contributed by atoms with E-state index in [1.165, 1.54) is 0 Å².